The van der Waals surface area contributed by atoms with Crippen molar-refractivity contribution in [3.63, 3.8) is 0 Å². The van der Waals surface area contributed by atoms with Crippen LogP contribution in [0.1, 0.15) is 0 Å². The van der Waals surface area contributed by atoms with Gasteiger partial charge in [-0.15, -0.1) is 0 Å². The summed E-state index contributed by atoms with van der Waals surface area (Å²) in [7, 11) is 3.22. The van der Waals surface area contributed by atoms with Crippen molar-refractivity contribution in [3.8, 4) is 22.8 Å². The number of methoxy groups -OCH3 is 2. The van der Waals surface area contributed by atoms with Crippen LogP contribution in [-0.4, -0.2) is 29.6 Å². The van der Waals surface area contributed by atoms with Gasteiger partial charge in [0.1, 0.15) is 17.2 Å². The van der Waals surface area contributed by atoms with Crippen molar-refractivity contribution in [3.05, 3.63) is 24.4 Å². The number of benzene rings is 1. The Hall–Kier alpha value is -2.04. The third-order valence-corrected chi connectivity index (χ3v) is 2.10. The molecule has 0 spiro atoms. The zero-order chi connectivity index (χ0) is 10.7. The summed E-state index contributed by atoms with van der Waals surface area (Å²) in [4.78, 5) is 0. The Kier molecular flexibility index (Phi) is 2.53. The van der Waals surface area contributed by atoms with Gasteiger partial charge in [-0.2, -0.15) is 15.4 Å². The van der Waals surface area contributed by atoms with Crippen LogP contribution in [-0.2, 0) is 0 Å². The second kappa shape index (κ2) is 4.00. The van der Waals surface area contributed by atoms with Crippen LogP contribution in [0.4, 0.5) is 0 Å². The lowest BCUT2D eigenvalue weighted by Crippen LogP contribution is -1.92. The largest absolute Gasteiger partial charge is 0.496 e. The number of aromatic amines is 1. The Bertz CT molecular complexity index is 418. The Morgan fingerprint density at radius 3 is 2.27 bits per heavy atom. The van der Waals surface area contributed by atoms with Crippen molar-refractivity contribution >= 4 is 0 Å². The predicted octanol–water partition coefficient (Wildman–Crippen LogP) is 1.49. The van der Waals surface area contributed by atoms with Crippen LogP contribution >= 0.6 is 0 Å². The quantitative estimate of drug-likeness (QED) is 0.824. The van der Waals surface area contributed by atoms with Crippen LogP contribution in [0.25, 0.3) is 11.3 Å². The van der Waals surface area contributed by atoms with E-state index in [0.29, 0.717) is 17.2 Å². The van der Waals surface area contributed by atoms with Gasteiger partial charge >= 0.3 is 0 Å². The standard InChI is InChI=1S/C10H11N3O2/c1-14-8-4-3-5-9(15-2)10(8)7-6-11-13-12-7/h3-6H,1-2H3,(H,11,12,13). The minimum atomic E-state index is 0.698. The van der Waals surface area contributed by atoms with Gasteiger partial charge in [0.2, 0.25) is 0 Å². The highest BCUT2D eigenvalue weighted by atomic mass is 16.5. The Balaban J connectivity index is 2.61. The molecule has 1 aromatic carbocycles. The lowest BCUT2D eigenvalue weighted by Gasteiger charge is -2.10. The second-order valence-electron chi connectivity index (χ2n) is 2.89. The number of H-pyrrole nitrogens is 1. The topological polar surface area (TPSA) is 60.0 Å². The molecule has 15 heavy (non-hydrogen) atoms. The molecule has 0 fully saturated rings. The summed E-state index contributed by atoms with van der Waals surface area (Å²) < 4.78 is 10.5. The summed E-state index contributed by atoms with van der Waals surface area (Å²) in [6.07, 6.45) is 1.63. The van der Waals surface area contributed by atoms with Gasteiger partial charge in [0, 0.05) is 0 Å². The molecule has 2 aromatic rings. The summed E-state index contributed by atoms with van der Waals surface area (Å²) in [6, 6.07) is 5.57. The summed E-state index contributed by atoms with van der Waals surface area (Å²) in [5.74, 6) is 1.42. The van der Waals surface area contributed by atoms with Crippen LogP contribution < -0.4 is 9.47 Å². The van der Waals surface area contributed by atoms with Crippen LogP contribution in [0.2, 0.25) is 0 Å². The Labute approximate surface area is 87.0 Å². The van der Waals surface area contributed by atoms with Crippen molar-refractivity contribution < 1.29 is 9.47 Å². The molecule has 1 N–H and O–H groups in total. The van der Waals surface area contributed by atoms with Crippen LogP contribution in [0.15, 0.2) is 24.4 Å². The van der Waals surface area contributed by atoms with E-state index in [-0.39, 0.29) is 0 Å². The predicted molar refractivity (Wildman–Crippen MR) is 54.9 cm³/mol. The van der Waals surface area contributed by atoms with E-state index in [2.05, 4.69) is 15.4 Å². The molecule has 0 aliphatic heterocycles. The van der Waals surface area contributed by atoms with E-state index in [1.54, 1.807) is 20.4 Å². The normalized spacial score (nSPS) is 10.0. The van der Waals surface area contributed by atoms with Gasteiger partial charge in [0.25, 0.3) is 0 Å². The molecular formula is C10H11N3O2. The maximum absolute atomic E-state index is 5.25. The molecule has 2 rings (SSSR count). The van der Waals surface area contributed by atoms with Gasteiger partial charge in [0.15, 0.2) is 0 Å². The molecule has 0 bridgehead atoms. The summed E-state index contributed by atoms with van der Waals surface area (Å²) >= 11 is 0. The molecule has 0 atom stereocenters. The second-order valence-corrected chi connectivity index (χ2v) is 2.89. The van der Waals surface area contributed by atoms with E-state index in [9.17, 15) is 0 Å². The van der Waals surface area contributed by atoms with Crippen molar-refractivity contribution in [1.29, 1.82) is 0 Å². The lowest BCUT2D eigenvalue weighted by atomic mass is 10.1. The van der Waals surface area contributed by atoms with Gasteiger partial charge in [0.05, 0.1) is 26.0 Å². The summed E-state index contributed by atoms with van der Waals surface area (Å²) in [6.45, 7) is 0. The zero-order valence-electron chi connectivity index (χ0n) is 8.52. The minimum absolute atomic E-state index is 0.698. The fraction of sp³-hybridized carbons (Fsp3) is 0.200. The number of hydrogen-bond donors (Lipinski definition) is 1. The fourth-order valence-electron chi connectivity index (χ4n) is 1.43. The number of nitrogens with one attached hydrogen (secondary N) is 1. The highest BCUT2D eigenvalue weighted by Crippen LogP contribution is 2.36. The first-order valence-corrected chi connectivity index (χ1v) is 4.44. The lowest BCUT2D eigenvalue weighted by molar-refractivity contribution is 0.397. The van der Waals surface area contributed by atoms with E-state index >= 15 is 0 Å². The van der Waals surface area contributed by atoms with Gasteiger partial charge < -0.3 is 9.47 Å². The monoisotopic (exact) mass is 205 g/mol. The number of rotatable bonds is 3. The molecule has 78 valence electrons. The first-order valence-electron chi connectivity index (χ1n) is 4.44. The molecular weight excluding hydrogens is 194 g/mol. The SMILES string of the molecule is COc1cccc(OC)c1-c1cn[nH]n1. The van der Waals surface area contributed by atoms with Crippen molar-refractivity contribution in [2.45, 2.75) is 0 Å². The first-order chi connectivity index (χ1) is 7.36. The molecule has 0 unspecified atom stereocenters. The van der Waals surface area contributed by atoms with Crippen LogP contribution in [0.3, 0.4) is 0 Å². The smallest absolute Gasteiger partial charge is 0.132 e. The highest BCUT2D eigenvalue weighted by molar-refractivity contribution is 5.73. The van der Waals surface area contributed by atoms with Crippen molar-refractivity contribution in [2.24, 2.45) is 0 Å². The van der Waals surface area contributed by atoms with E-state index in [1.807, 2.05) is 18.2 Å². The number of nitrogens with zero attached hydrogens (tertiary/aromatic N) is 2. The van der Waals surface area contributed by atoms with Gasteiger partial charge in [-0.05, 0) is 12.1 Å². The number of ether oxygens (including phenoxy) is 2. The molecule has 0 aliphatic carbocycles. The summed E-state index contributed by atoms with van der Waals surface area (Å²) in [5, 5.41) is 10.3. The van der Waals surface area contributed by atoms with Crippen molar-refractivity contribution in [1.82, 2.24) is 15.4 Å². The average molecular weight is 205 g/mol. The minimum Gasteiger partial charge on any atom is -0.496 e. The Morgan fingerprint density at radius 2 is 1.80 bits per heavy atom. The van der Waals surface area contributed by atoms with Crippen molar-refractivity contribution in [2.75, 3.05) is 14.2 Å². The van der Waals surface area contributed by atoms with Gasteiger partial charge in [-0.3, -0.25) is 0 Å². The molecule has 0 saturated heterocycles. The molecule has 5 heteroatoms. The number of hydrogen-bond acceptors (Lipinski definition) is 4. The fourth-order valence-corrected chi connectivity index (χ4v) is 1.43. The van der Waals surface area contributed by atoms with E-state index in [1.165, 1.54) is 0 Å². The van der Waals surface area contributed by atoms with Crippen LogP contribution in [0, 0.1) is 0 Å². The third kappa shape index (κ3) is 1.63. The highest BCUT2D eigenvalue weighted by Gasteiger charge is 2.13. The molecule has 1 heterocycles. The molecule has 1 aromatic heterocycles. The van der Waals surface area contributed by atoms with E-state index < -0.39 is 0 Å². The molecule has 0 saturated carbocycles. The average Bonchev–Trinajstić information content (AvgIpc) is 2.81. The Morgan fingerprint density at radius 1 is 1.13 bits per heavy atom. The first kappa shape index (κ1) is 9.51. The molecule has 0 amide bonds. The van der Waals surface area contributed by atoms with E-state index in [0.717, 1.165) is 5.56 Å². The zero-order valence-corrected chi connectivity index (χ0v) is 8.52. The van der Waals surface area contributed by atoms with E-state index in [4.69, 9.17) is 9.47 Å². The van der Waals surface area contributed by atoms with Gasteiger partial charge in [-0.1, -0.05) is 6.07 Å². The van der Waals surface area contributed by atoms with Crippen LogP contribution in [0.5, 0.6) is 11.5 Å². The van der Waals surface area contributed by atoms with Gasteiger partial charge in [-0.25, -0.2) is 0 Å². The maximum Gasteiger partial charge on any atom is 0.132 e. The molecule has 0 radical (unpaired) electrons. The number of aromatic nitrogens is 3. The summed E-state index contributed by atoms with van der Waals surface area (Å²) in [5.41, 5.74) is 1.50. The molecule has 5 nitrogen and oxygen atoms in total. The molecule has 0 aliphatic rings. The maximum atomic E-state index is 5.25. The third-order valence-electron chi connectivity index (χ3n) is 2.10.